The second kappa shape index (κ2) is 11.5. The van der Waals surface area contributed by atoms with Crippen molar-refractivity contribution in [2.45, 2.75) is 25.4 Å². The molecule has 0 saturated carbocycles. The molecular formula is C26H25N3O8. The summed E-state index contributed by atoms with van der Waals surface area (Å²) in [6, 6.07) is 18.1. The molecule has 1 aliphatic heterocycles. The summed E-state index contributed by atoms with van der Waals surface area (Å²) >= 11 is 0. The molecule has 2 heterocycles. The molecule has 0 aliphatic carbocycles. The van der Waals surface area contributed by atoms with E-state index in [1.54, 1.807) is 60.7 Å². The van der Waals surface area contributed by atoms with Crippen LogP contribution in [0.5, 0.6) is 0 Å². The maximum atomic E-state index is 12.6. The van der Waals surface area contributed by atoms with Crippen LogP contribution in [0.25, 0.3) is 0 Å². The molecular weight excluding hydrogens is 482 g/mol. The van der Waals surface area contributed by atoms with Crippen LogP contribution in [0.1, 0.15) is 33.9 Å². The molecule has 0 bridgehead atoms. The lowest BCUT2D eigenvalue weighted by atomic mass is 9.98. The fourth-order valence-corrected chi connectivity index (χ4v) is 3.97. The number of rotatable bonds is 8. The van der Waals surface area contributed by atoms with Gasteiger partial charge in [-0.25, -0.2) is 14.4 Å². The Morgan fingerprint density at radius 1 is 0.919 bits per heavy atom. The zero-order valence-electron chi connectivity index (χ0n) is 19.9. The summed E-state index contributed by atoms with van der Waals surface area (Å²) < 4.78 is 23.7. The quantitative estimate of drug-likeness (QED) is 0.354. The Hall–Kier alpha value is -4.51. The predicted molar refractivity (Wildman–Crippen MR) is 129 cm³/mol. The molecule has 11 nitrogen and oxygen atoms in total. The summed E-state index contributed by atoms with van der Waals surface area (Å²) in [5.41, 5.74) is 5.53. The van der Waals surface area contributed by atoms with Gasteiger partial charge in [0.2, 0.25) is 0 Å². The molecule has 0 amide bonds. The van der Waals surface area contributed by atoms with Gasteiger partial charge in [-0.15, -0.1) is 0 Å². The number of ether oxygens (including phenoxy) is 4. The molecule has 2 aromatic carbocycles. The fourth-order valence-electron chi connectivity index (χ4n) is 3.97. The first-order valence-electron chi connectivity index (χ1n) is 11.4. The third-order valence-electron chi connectivity index (χ3n) is 5.73. The van der Waals surface area contributed by atoms with Gasteiger partial charge in [0.25, 0.3) is 0 Å². The van der Waals surface area contributed by atoms with E-state index in [-0.39, 0.29) is 19.0 Å². The summed E-state index contributed by atoms with van der Waals surface area (Å²) in [6.45, 7) is 0.705. The topological polar surface area (TPSA) is 149 Å². The molecule has 192 valence electrons. The van der Waals surface area contributed by atoms with Crippen LogP contribution >= 0.6 is 0 Å². The number of nitrogen functional groups attached to an aromatic ring is 1. The molecule has 1 aliphatic rings. The summed E-state index contributed by atoms with van der Waals surface area (Å²) in [6.07, 6.45) is -1.73. The smallest absolute Gasteiger partial charge is 0.351 e. The molecule has 0 radical (unpaired) electrons. The highest BCUT2D eigenvalue weighted by atomic mass is 16.6. The van der Waals surface area contributed by atoms with Crippen LogP contribution in [0.3, 0.4) is 0 Å². The summed E-state index contributed by atoms with van der Waals surface area (Å²) in [7, 11) is 0. The Bertz CT molecular complexity index is 1310. The van der Waals surface area contributed by atoms with Gasteiger partial charge < -0.3 is 24.7 Å². The number of nitrogens with two attached hydrogens (primary N) is 1. The van der Waals surface area contributed by atoms with Crippen molar-refractivity contribution in [2.75, 3.05) is 18.9 Å². The third kappa shape index (κ3) is 6.19. The molecule has 1 aromatic heterocycles. The summed E-state index contributed by atoms with van der Waals surface area (Å²) in [5.74, 6) is -2.61. The standard InChI is InChI=1S/C26H25N3O8/c1-16(30)36-22-19(14-34-24(31)17-8-4-2-5-9-17)20(15-35-25(32)18-10-6-3-7-11-18)37-23(22)29-13-12-21(27)28-26(29)33/h2-13,19-20,22-23H,14-15H2,1H3,(H2,27,28,33). The minimum atomic E-state index is -1.13. The van der Waals surface area contributed by atoms with Gasteiger partial charge in [0, 0.05) is 13.1 Å². The van der Waals surface area contributed by atoms with Crippen molar-refractivity contribution in [2.24, 2.45) is 5.92 Å². The zero-order chi connectivity index (χ0) is 26.4. The Morgan fingerprint density at radius 3 is 2.03 bits per heavy atom. The molecule has 2 N–H and O–H groups in total. The highest BCUT2D eigenvalue weighted by molar-refractivity contribution is 5.89. The second-order valence-corrected chi connectivity index (χ2v) is 8.27. The van der Waals surface area contributed by atoms with Gasteiger partial charge in [-0.05, 0) is 30.3 Å². The maximum absolute atomic E-state index is 12.6. The van der Waals surface area contributed by atoms with Crippen LogP contribution in [0.2, 0.25) is 0 Å². The Morgan fingerprint density at radius 2 is 1.49 bits per heavy atom. The SMILES string of the molecule is CC(=O)OC1C(COC(=O)c2ccccc2)C(COC(=O)c2ccccc2)OC1n1ccc(N)nc1=O. The number of hydrogen-bond donors (Lipinski definition) is 1. The number of carbonyl (C=O) groups is 3. The van der Waals surface area contributed by atoms with Gasteiger partial charge in [0.15, 0.2) is 12.3 Å². The molecule has 1 saturated heterocycles. The van der Waals surface area contributed by atoms with Crippen molar-refractivity contribution in [3.05, 3.63) is 94.5 Å². The van der Waals surface area contributed by atoms with Crippen LogP contribution in [-0.4, -0.2) is 52.9 Å². The average molecular weight is 507 g/mol. The number of carbonyl (C=O) groups excluding carboxylic acids is 3. The lowest BCUT2D eigenvalue weighted by Gasteiger charge is -2.24. The molecule has 37 heavy (non-hydrogen) atoms. The number of aromatic nitrogens is 2. The first kappa shape index (κ1) is 25.6. The van der Waals surface area contributed by atoms with Gasteiger partial charge in [0.05, 0.1) is 17.0 Å². The normalized spacial score (nSPS) is 20.7. The number of hydrogen-bond acceptors (Lipinski definition) is 10. The molecule has 0 spiro atoms. The van der Waals surface area contributed by atoms with E-state index in [9.17, 15) is 19.2 Å². The van der Waals surface area contributed by atoms with Crippen LogP contribution in [0, 0.1) is 5.92 Å². The van der Waals surface area contributed by atoms with E-state index < -0.39 is 48.0 Å². The molecule has 4 rings (SSSR count). The van der Waals surface area contributed by atoms with Crippen molar-refractivity contribution in [1.29, 1.82) is 0 Å². The Kier molecular flexibility index (Phi) is 7.94. The first-order valence-corrected chi connectivity index (χ1v) is 11.4. The summed E-state index contributed by atoms with van der Waals surface area (Å²) in [4.78, 5) is 53.4. The van der Waals surface area contributed by atoms with E-state index in [2.05, 4.69) is 4.98 Å². The van der Waals surface area contributed by atoms with E-state index in [4.69, 9.17) is 24.7 Å². The lowest BCUT2D eigenvalue weighted by Crippen LogP contribution is -2.38. The van der Waals surface area contributed by atoms with Crippen molar-refractivity contribution in [1.82, 2.24) is 9.55 Å². The van der Waals surface area contributed by atoms with Gasteiger partial charge in [-0.2, -0.15) is 4.98 Å². The fraction of sp³-hybridized carbons (Fsp3) is 0.269. The van der Waals surface area contributed by atoms with Gasteiger partial charge in [-0.1, -0.05) is 36.4 Å². The molecule has 1 fully saturated rings. The largest absolute Gasteiger partial charge is 0.462 e. The van der Waals surface area contributed by atoms with E-state index in [1.165, 1.54) is 19.2 Å². The number of nitrogens with zero attached hydrogens (tertiary/aromatic N) is 2. The second-order valence-electron chi connectivity index (χ2n) is 8.27. The van der Waals surface area contributed by atoms with Crippen LogP contribution in [0.15, 0.2) is 77.7 Å². The van der Waals surface area contributed by atoms with Crippen LogP contribution < -0.4 is 11.4 Å². The maximum Gasteiger partial charge on any atom is 0.351 e. The first-order chi connectivity index (χ1) is 17.8. The minimum Gasteiger partial charge on any atom is -0.462 e. The number of esters is 3. The van der Waals surface area contributed by atoms with Crippen molar-refractivity contribution in [3.63, 3.8) is 0 Å². The third-order valence-corrected chi connectivity index (χ3v) is 5.73. The molecule has 4 unspecified atom stereocenters. The van der Waals surface area contributed by atoms with E-state index in [0.29, 0.717) is 11.1 Å². The van der Waals surface area contributed by atoms with Crippen molar-refractivity contribution < 1.29 is 33.3 Å². The van der Waals surface area contributed by atoms with E-state index in [1.807, 2.05) is 0 Å². The number of benzene rings is 2. The van der Waals surface area contributed by atoms with Gasteiger partial charge >= 0.3 is 23.6 Å². The monoisotopic (exact) mass is 507 g/mol. The van der Waals surface area contributed by atoms with Gasteiger partial charge in [0.1, 0.15) is 25.1 Å². The van der Waals surface area contributed by atoms with Crippen molar-refractivity contribution >= 4 is 23.7 Å². The minimum absolute atomic E-state index is 0.00460. The zero-order valence-corrected chi connectivity index (χ0v) is 19.9. The van der Waals surface area contributed by atoms with Crippen LogP contribution in [-0.2, 0) is 23.7 Å². The van der Waals surface area contributed by atoms with E-state index in [0.717, 1.165) is 4.57 Å². The predicted octanol–water partition coefficient (Wildman–Crippen LogP) is 1.98. The highest BCUT2D eigenvalue weighted by Gasteiger charge is 2.49. The summed E-state index contributed by atoms with van der Waals surface area (Å²) in [5, 5.41) is 0. The highest BCUT2D eigenvalue weighted by Crippen LogP contribution is 2.36. The average Bonchev–Trinajstić information content (AvgIpc) is 3.22. The van der Waals surface area contributed by atoms with E-state index >= 15 is 0 Å². The van der Waals surface area contributed by atoms with Crippen LogP contribution in [0.4, 0.5) is 5.82 Å². The van der Waals surface area contributed by atoms with Gasteiger partial charge in [-0.3, -0.25) is 9.36 Å². The lowest BCUT2D eigenvalue weighted by molar-refractivity contribution is -0.154. The molecule has 3 aromatic rings. The Balaban J connectivity index is 1.60. The number of anilines is 1. The molecule has 11 heteroatoms. The van der Waals surface area contributed by atoms with Crippen molar-refractivity contribution in [3.8, 4) is 0 Å². The Labute approximate surface area is 211 Å². The molecule has 4 atom stereocenters.